The zero-order valence-electron chi connectivity index (χ0n) is 17.3. The van der Waals surface area contributed by atoms with E-state index < -0.39 is 0 Å². The van der Waals surface area contributed by atoms with Crippen LogP contribution in [-0.2, 0) is 16.0 Å². The van der Waals surface area contributed by atoms with E-state index in [1.165, 1.54) is 0 Å². The number of hydrogen-bond donors (Lipinski definition) is 2. The second-order valence-electron chi connectivity index (χ2n) is 7.92. The van der Waals surface area contributed by atoms with Crippen molar-refractivity contribution < 1.29 is 9.53 Å². The van der Waals surface area contributed by atoms with E-state index in [0.29, 0.717) is 17.7 Å². The molecule has 0 bridgehead atoms. The Labute approximate surface area is 184 Å². The van der Waals surface area contributed by atoms with Crippen molar-refractivity contribution in [3.63, 3.8) is 0 Å². The highest BCUT2D eigenvalue weighted by molar-refractivity contribution is 6.32. The molecule has 1 saturated heterocycles. The van der Waals surface area contributed by atoms with Gasteiger partial charge in [0.05, 0.1) is 12.3 Å². The van der Waals surface area contributed by atoms with E-state index >= 15 is 0 Å². The number of hydrogen-bond acceptors (Lipinski definition) is 5. The summed E-state index contributed by atoms with van der Waals surface area (Å²) in [5, 5.41) is 4.91. The number of carbonyl (C=O) groups is 1. The maximum Gasteiger partial charge on any atom is 0.323 e. The number of imidazole rings is 1. The number of nitrogens with one attached hydrogen (secondary N) is 2. The maximum atomic E-state index is 12.0. The van der Waals surface area contributed by atoms with Gasteiger partial charge in [-0.25, -0.2) is 9.97 Å². The summed E-state index contributed by atoms with van der Waals surface area (Å²) < 4.78 is 7.04. The van der Waals surface area contributed by atoms with Crippen LogP contribution in [0.3, 0.4) is 0 Å². The fraction of sp³-hybridized carbons (Fsp3) is 0.348. The number of aromatic nitrogens is 4. The van der Waals surface area contributed by atoms with Gasteiger partial charge < -0.3 is 15.0 Å². The third-order valence-electron chi connectivity index (χ3n) is 5.98. The Morgan fingerprint density at radius 2 is 2.23 bits per heavy atom. The SMILES string of the molecule is CCOC(=O)[C@@H]1C[C@H](CCc2nc(-c3c[nH]c4ccccc34)c(Cl)n3ccnc23)CN1. The van der Waals surface area contributed by atoms with Crippen LogP contribution in [0.1, 0.15) is 25.5 Å². The van der Waals surface area contributed by atoms with Crippen molar-refractivity contribution >= 4 is 34.1 Å². The van der Waals surface area contributed by atoms with E-state index in [2.05, 4.69) is 21.4 Å². The number of para-hydroxylation sites is 1. The van der Waals surface area contributed by atoms with Crippen LogP contribution in [0.25, 0.3) is 27.8 Å². The van der Waals surface area contributed by atoms with Gasteiger partial charge in [0.25, 0.3) is 0 Å². The number of rotatable bonds is 6. The van der Waals surface area contributed by atoms with Gasteiger partial charge in [-0.05, 0) is 44.7 Å². The van der Waals surface area contributed by atoms with Crippen LogP contribution in [-0.4, -0.2) is 44.5 Å². The van der Waals surface area contributed by atoms with Crippen LogP contribution in [0.4, 0.5) is 0 Å². The van der Waals surface area contributed by atoms with E-state index in [1.807, 2.05) is 41.9 Å². The van der Waals surface area contributed by atoms with Gasteiger partial charge in [0.15, 0.2) is 5.65 Å². The largest absolute Gasteiger partial charge is 0.465 e. The summed E-state index contributed by atoms with van der Waals surface area (Å²) in [7, 11) is 0. The second-order valence-corrected chi connectivity index (χ2v) is 8.28. The smallest absolute Gasteiger partial charge is 0.323 e. The molecule has 8 heteroatoms. The molecule has 1 fully saturated rings. The van der Waals surface area contributed by atoms with Crippen LogP contribution in [0, 0.1) is 5.92 Å². The van der Waals surface area contributed by atoms with Crippen molar-refractivity contribution in [3.05, 3.63) is 53.7 Å². The average molecular weight is 438 g/mol. The van der Waals surface area contributed by atoms with Crippen molar-refractivity contribution in [2.45, 2.75) is 32.2 Å². The fourth-order valence-corrected chi connectivity index (χ4v) is 4.70. The molecule has 0 radical (unpaired) electrons. The number of benzene rings is 1. The summed E-state index contributed by atoms with van der Waals surface area (Å²) in [6, 6.07) is 7.91. The molecule has 2 atom stereocenters. The number of esters is 1. The molecule has 2 N–H and O–H groups in total. The number of halogens is 1. The lowest BCUT2D eigenvalue weighted by molar-refractivity contribution is -0.145. The molecule has 31 heavy (non-hydrogen) atoms. The van der Waals surface area contributed by atoms with E-state index in [1.54, 1.807) is 6.20 Å². The molecule has 160 valence electrons. The molecule has 1 aliphatic heterocycles. The molecule has 0 unspecified atom stereocenters. The fourth-order valence-electron chi connectivity index (χ4n) is 4.42. The Balaban J connectivity index is 1.43. The monoisotopic (exact) mass is 437 g/mol. The first-order valence-electron chi connectivity index (χ1n) is 10.6. The Hall–Kier alpha value is -2.90. The highest BCUT2D eigenvalue weighted by Crippen LogP contribution is 2.34. The highest BCUT2D eigenvalue weighted by Gasteiger charge is 2.30. The van der Waals surface area contributed by atoms with E-state index in [-0.39, 0.29) is 12.0 Å². The maximum absolute atomic E-state index is 12.0. The third kappa shape index (κ3) is 3.68. The van der Waals surface area contributed by atoms with Gasteiger partial charge >= 0.3 is 5.97 Å². The van der Waals surface area contributed by atoms with Crippen molar-refractivity contribution in [1.82, 2.24) is 24.7 Å². The first kappa shape index (κ1) is 20.0. The summed E-state index contributed by atoms with van der Waals surface area (Å²) in [5.74, 6) is 0.227. The molecule has 0 saturated carbocycles. The van der Waals surface area contributed by atoms with Crippen LogP contribution in [0.2, 0.25) is 5.15 Å². The summed E-state index contributed by atoms with van der Waals surface area (Å²) in [6.07, 6.45) is 8.03. The van der Waals surface area contributed by atoms with Gasteiger partial charge in [0, 0.05) is 35.1 Å². The summed E-state index contributed by atoms with van der Waals surface area (Å²) in [4.78, 5) is 24.8. The first-order valence-corrected chi connectivity index (χ1v) is 11.0. The van der Waals surface area contributed by atoms with Crippen molar-refractivity contribution in [3.8, 4) is 11.3 Å². The molecule has 4 heterocycles. The number of fused-ring (bicyclic) bond motifs is 2. The average Bonchev–Trinajstić information content (AvgIpc) is 3.53. The first-order chi connectivity index (χ1) is 15.2. The van der Waals surface area contributed by atoms with Crippen LogP contribution < -0.4 is 5.32 Å². The molecule has 3 aromatic heterocycles. The van der Waals surface area contributed by atoms with E-state index in [9.17, 15) is 4.79 Å². The molecule has 7 nitrogen and oxygen atoms in total. The Kier molecular flexibility index (Phi) is 5.38. The molecular formula is C23H24ClN5O2. The summed E-state index contributed by atoms with van der Waals surface area (Å²) in [5.41, 5.74) is 4.45. The number of ether oxygens (including phenoxy) is 1. The highest BCUT2D eigenvalue weighted by atomic mass is 35.5. The normalized spacial score (nSPS) is 18.8. The number of aromatic amines is 1. The van der Waals surface area contributed by atoms with Crippen molar-refractivity contribution in [1.29, 1.82) is 0 Å². The quantitative estimate of drug-likeness (QED) is 0.445. The second kappa shape index (κ2) is 8.32. The Morgan fingerprint density at radius 1 is 1.35 bits per heavy atom. The van der Waals surface area contributed by atoms with Gasteiger partial charge in [-0.3, -0.25) is 9.20 Å². The minimum Gasteiger partial charge on any atom is -0.465 e. The lowest BCUT2D eigenvalue weighted by atomic mass is 9.98. The lowest BCUT2D eigenvalue weighted by Crippen LogP contribution is -2.32. The van der Waals surface area contributed by atoms with Gasteiger partial charge in [-0.2, -0.15) is 0 Å². The minimum absolute atomic E-state index is 0.160. The standard InChI is InChI=1S/C23H24ClN5O2/c1-2-31-23(30)19-11-14(12-26-19)7-8-18-22-25-9-10-29(22)21(24)20(28-18)16-13-27-17-6-4-3-5-15(16)17/h3-6,9-10,13-14,19,26-27H,2,7-8,11-12H2,1H3/t14-,19-/m0/s1. The topological polar surface area (TPSA) is 84.3 Å². The third-order valence-corrected chi connectivity index (χ3v) is 6.34. The molecule has 0 aliphatic carbocycles. The van der Waals surface area contributed by atoms with Crippen molar-refractivity contribution in [2.75, 3.05) is 13.2 Å². The van der Waals surface area contributed by atoms with Crippen LogP contribution >= 0.6 is 11.6 Å². The van der Waals surface area contributed by atoms with Crippen LogP contribution in [0.15, 0.2) is 42.9 Å². The predicted molar refractivity (Wildman–Crippen MR) is 120 cm³/mol. The Bertz CT molecular complexity index is 1250. The van der Waals surface area contributed by atoms with Crippen molar-refractivity contribution in [2.24, 2.45) is 5.92 Å². The zero-order valence-corrected chi connectivity index (χ0v) is 18.0. The molecule has 4 aromatic rings. The Morgan fingerprint density at radius 3 is 3.10 bits per heavy atom. The minimum atomic E-state index is -0.212. The number of nitrogens with zero attached hydrogens (tertiary/aromatic N) is 3. The molecule has 0 spiro atoms. The van der Waals surface area contributed by atoms with E-state index in [4.69, 9.17) is 21.3 Å². The molecule has 0 amide bonds. The molecule has 1 aliphatic rings. The van der Waals surface area contributed by atoms with Gasteiger partial charge in [0.2, 0.25) is 0 Å². The summed E-state index contributed by atoms with van der Waals surface area (Å²) >= 11 is 6.74. The lowest BCUT2D eigenvalue weighted by Gasteiger charge is -2.12. The van der Waals surface area contributed by atoms with E-state index in [0.717, 1.165) is 59.3 Å². The molecular weight excluding hydrogens is 414 g/mol. The number of aryl methyl sites for hydroxylation is 1. The van der Waals surface area contributed by atoms with Gasteiger partial charge in [-0.15, -0.1) is 0 Å². The summed E-state index contributed by atoms with van der Waals surface area (Å²) in [6.45, 7) is 3.04. The molecule has 1 aromatic carbocycles. The van der Waals surface area contributed by atoms with Gasteiger partial charge in [0.1, 0.15) is 16.9 Å². The van der Waals surface area contributed by atoms with Gasteiger partial charge in [-0.1, -0.05) is 29.8 Å². The zero-order chi connectivity index (χ0) is 21.4. The number of H-pyrrole nitrogens is 1. The molecule has 5 rings (SSSR count). The number of carbonyl (C=O) groups excluding carboxylic acids is 1. The predicted octanol–water partition coefficient (Wildman–Crippen LogP) is 4.00. The van der Waals surface area contributed by atoms with Crippen LogP contribution in [0.5, 0.6) is 0 Å².